The second-order valence-electron chi connectivity index (χ2n) is 3.36. The van der Waals surface area contributed by atoms with Crippen LogP contribution in [0.3, 0.4) is 0 Å². The Morgan fingerprint density at radius 1 is 1.53 bits per heavy atom. The number of hydrogen-bond donors (Lipinski definition) is 3. The number of nitrogens with one attached hydrogen (secondary N) is 2. The fraction of sp³-hybridized carbons (Fsp3) is 0.100. The van der Waals surface area contributed by atoms with Gasteiger partial charge in [-0.25, -0.2) is 4.79 Å². The van der Waals surface area contributed by atoms with E-state index in [-0.39, 0.29) is 18.1 Å². The van der Waals surface area contributed by atoms with Crippen molar-refractivity contribution in [2.75, 3.05) is 5.32 Å². The van der Waals surface area contributed by atoms with Crippen LogP contribution in [0.4, 0.5) is 5.69 Å². The second kappa shape index (κ2) is 4.52. The third-order valence-corrected chi connectivity index (χ3v) is 2.14. The number of nitrogens with zero attached hydrogens (tertiary/aromatic N) is 2. The molecule has 1 amide bonds. The number of anilines is 1. The van der Waals surface area contributed by atoms with E-state index < -0.39 is 5.97 Å². The summed E-state index contributed by atoms with van der Waals surface area (Å²) in [6, 6.07) is 3.02. The van der Waals surface area contributed by atoms with Crippen molar-refractivity contribution >= 4 is 17.6 Å². The first-order chi connectivity index (χ1) is 8.16. The molecule has 0 aliphatic carbocycles. The van der Waals surface area contributed by atoms with E-state index in [0.29, 0.717) is 5.69 Å². The molecule has 17 heavy (non-hydrogen) atoms. The maximum atomic E-state index is 11.6. The first-order valence-corrected chi connectivity index (χ1v) is 4.84. The highest BCUT2D eigenvalue weighted by Gasteiger charge is 2.11. The Balaban J connectivity index is 2.03. The summed E-state index contributed by atoms with van der Waals surface area (Å²) in [5.74, 6) is -1.38. The zero-order chi connectivity index (χ0) is 12.3. The molecule has 0 radical (unpaired) electrons. The van der Waals surface area contributed by atoms with Crippen LogP contribution in [0.15, 0.2) is 30.7 Å². The average molecular weight is 234 g/mol. The molecule has 0 aromatic carbocycles. The molecule has 0 atom stereocenters. The highest BCUT2D eigenvalue weighted by molar-refractivity contribution is 5.91. The van der Waals surface area contributed by atoms with Crippen molar-refractivity contribution in [2.45, 2.75) is 6.54 Å². The molecule has 2 rings (SSSR count). The summed E-state index contributed by atoms with van der Waals surface area (Å²) in [7, 11) is 0. The topological polar surface area (TPSA) is 100 Å². The number of carboxylic acid groups (broad SMARTS) is 1. The van der Waals surface area contributed by atoms with Gasteiger partial charge in [-0.1, -0.05) is 0 Å². The van der Waals surface area contributed by atoms with Gasteiger partial charge in [0.2, 0.25) is 5.91 Å². The predicted octanol–water partition coefficient (Wildman–Crippen LogP) is 0.548. The minimum Gasteiger partial charge on any atom is -0.477 e. The van der Waals surface area contributed by atoms with E-state index in [2.05, 4.69) is 15.5 Å². The number of H-pyrrole nitrogens is 1. The van der Waals surface area contributed by atoms with Crippen LogP contribution < -0.4 is 5.32 Å². The van der Waals surface area contributed by atoms with Crippen molar-refractivity contribution < 1.29 is 14.7 Å². The number of hydrogen-bond acceptors (Lipinski definition) is 3. The Hall–Kier alpha value is -2.57. The lowest BCUT2D eigenvalue weighted by molar-refractivity contribution is -0.116. The normalized spacial score (nSPS) is 10.1. The number of aromatic amines is 1. The molecular formula is C10H10N4O3. The minimum atomic E-state index is -1.06. The van der Waals surface area contributed by atoms with E-state index in [1.165, 1.54) is 23.0 Å². The lowest BCUT2D eigenvalue weighted by Crippen LogP contribution is -2.20. The first-order valence-electron chi connectivity index (χ1n) is 4.84. The quantitative estimate of drug-likeness (QED) is 0.719. The van der Waals surface area contributed by atoms with Gasteiger partial charge >= 0.3 is 5.97 Å². The lowest BCUT2D eigenvalue weighted by Gasteiger charge is -2.05. The lowest BCUT2D eigenvalue weighted by atomic mass is 10.4. The SMILES string of the molecule is O=C(Cn1cccc1C(=O)O)Nc1cn[nH]c1. The average Bonchev–Trinajstić information content (AvgIpc) is 2.88. The fourth-order valence-corrected chi connectivity index (χ4v) is 1.42. The zero-order valence-corrected chi connectivity index (χ0v) is 8.75. The molecule has 7 nitrogen and oxygen atoms in total. The van der Waals surface area contributed by atoms with E-state index in [1.54, 1.807) is 12.3 Å². The summed E-state index contributed by atoms with van der Waals surface area (Å²) in [6.07, 6.45) is 4.54. The minimum absolute atomic E-state index is 0.0557. The van der Waals surface area contributed by atoms with Crippen molar-refractivity contribution in [3.05, 3.63) is 36.4 Å². The largest absolute Gasteiger partial charge is 0.477 e. The number of carboxylic acids is 1. The van der Waals surface area contributed by atoms with Gasteiger partial charge in [-0.2, -0.15) is 5.10 Å². The van der Waals surface area contributed by atoms with Gasteiger partial charge in [0.05, 0.1) is 11.9 Å². The van der Waals surface area contributed by atoms with E-state index >= 15 is 0 Å². The Morgan fingerprint density at radius 2 is 2.35 bits per heavy atom. The summed E-state index contributed by atoms with van der Waals surface area (Å²) in [6.45, 7) is -0.0557. The predicted molar refractivity (Wildman–Crippen MR) is 58.6 cm³/mol. The molecule has 0 aliphatic heterocycles. The maximum Gasteiger partial charge on any atom is 0.352 e. The van der Waals surface area contributed by atoms with Gasteiger partial charge in [0, 0.05) is 12.4 Å². The highest BCUT2D eigenvalue weighted by Crippen LogP contribution is 2.05. The van der Waals surface area contributed by atoms with Gasteiger partial charge in [0.15, 0.2) is 0 Å². The molecule has 0 aliphatic rings. The van der Waals surface area contributed by atoms with Crippen LogP contribution in [0.25, 0.3) is 0 Å². The maximum absolute atomic E-state index is 11.6. The van der Waals surface area contributed by atoms with Gasteiger partial charge < -0.3 is 15.0 Å². The molecule has 2 aromatic rings. The number of aromatic nitrogens is 3. The Labute approximate surface area is 96.1 Å². The Bertz CT molecular complexity index is 530. The van der Waals surface area contributed by atoms with Crippen molar-refractivity contribution in [2.24, 2.45) is 0 Å². The summed E-state index contributed by atoms with van der Waals surface area (Å²) >= 11 is 0. The smallest absolute Gasteiger partial charge is 0.352 e. The van der Waals surface area contributed by atoms with Crippen LogP contribution in [0.1, 0.15) is 10.5 Å². The number of amides is 1. The summed E-state index contributed by atoms with van der Waals surface area (Å²) in [4.78, 5) is 22.4. The molecule has 88 valence electrons. The fourth-order valence-electron chi connectivity index (χ4n) is 1.42. The Morgan fingerprint density at radius 3 is 3.00 bits per heavy atom. The van der Waals surface area contributed by atoms with Crippen LogP contribution in [0.5, 0.6) is 0 Å². The zero-order valence-electron chi connectivity index (χ0n) is 8.75. The number of carbonyl (C=O) groups excluding carboxylic acids is 1. The Kier molecular flexibility index (Phi) is 2.91. The molecule has 0 unspecified atom stereocenters. The van der Waals surface area contributed by atoms with Crippen LogP contribution in [0, 0.1) is 0 Å². The molecule has 2 heterocycles. The molecular weight excluding hydrogens is 224 g/mol. The monoisotopic (exact) mass is 234 g/mol. The highest BCUT2D eigenvalue weighted by atomic mass is 16.4. The standard InChI is InChI=1S/C10H10N4O3/c15-9(13-7-4-11-12-5-7)6-14-3-1-2-8(14)10(16)17/h1-5H,6H2,(H,11,12)(H,13,15)(H,16,17). The van der Waals surface area contributed by atoms with E-state index in [4.69, 9.17) is 5.11 Å². The van der Waals surface area contributed by atoms with Crippen LogP contribution >= 0.6 is 0 Å². The van der Waals surface area contributed by atoms with Gasteiger partial charge in [-0.3, -0.25) is 9.89 Å². The summed E-state index contributed by atoms with van der Waals surface area (Å²) < 4.78 is 1.36. The molecule has 7 heteroatoms. The summed E-state index contributed by atoms with van der Waals surface area (Å²) in [5.41, 5.74) is 0.617. The van der Waals surface area contributed by atoms with Crippen molar-refractivity contribution in [1.29, 1.82) is 0 Å². The van der Waals surface area contributed by atoms with Crippen LogP contribution in [-0.4, -0.2) is 31.7 Å². The van der Waals surface area contributed by atoms with Gasteiger partial charge in [-0.15, -0.1) is 0 Å². The van der Waals surface area contributed by atoms with Crippen LogP contribution in [-0.2, 0) is 11.3 Å². The summed E-state index contributed by atoms with van der Waals surface area (Å²) in [5, 5.41) is 17.7. The van der Waals surface area contributed by atoms with Crippen molar-refractivity contribution in [1.82, 2.24) is 14.8 Å². The number of carbonyl (C=O) groups is 2. The molecule has 3 N–H and O–H groups in total. The molecule has 0 bridgehead atoms. The molecule has 0 spiro atoms. The van der Waals surface area contributed by atoms with Crippen LogP contribution in [0.2, 0.25) is 0 Å². The number of rotatable bonds is 4. The third kappa shape index (κ3) is 2.51. The van der Waals surface area contributed by atoms with E-state index in [9.17, 15) is 9.59 Å². The molecule has 0 fully saturated rings. The van der Waals surface area contributed by atoms with Crippen molar-refractivity contribution in [3.63, 3.8) is 0 Å². The molecule has 0 saturated heterocycles. The number of aromatic carboxylic acids is 1. The molecule has 2 aromatic heterocycles. The second-order valence-corrected chi connectivity index (χ2v) is 3.36. The molecule has 0 saturated carbocycles. The van der Waals surface area contributed by atoms with Gasteiger partial charge in [-0.05, 0) is 12.1 Å². The van der Waals surface area contributed by atoms with E-state index in [1.807, 2.05) is 0 Å². The van der Waals surface area contributed by atoms with E-state index in [0.717, 1.165) is 0 Å². The van der Waals surface area contributed by atoms with Gasteiger partial charge in [0.25, 0.3) is 0 Å². The third-order valence-electron chi connectivity index (χ3n) is 2.14. The first kappa shape index (κ1) is 10.9. The van der Waals surface area contributed by atoms with Crippen molar-refractivity contribution in [3.8, 4) is 0 Å². The van der Waals surface area contributed by atoms with Gasteiger partial charge in [0.1, 0.15) is 12.2 Å².